The van der Waals surface area contributed by atoms with Gasteiger partial charge in [0.05, 0.1) is 12.5 Å². The number of aliphatic carboxylic acids is 1. The summed E-state index contributed by atoms with van der Waals surface area (Å²) in [6.45, 7) is 0. The third-order valence-electron chi connectivity index (χ3n) is 4.66. The Morgan fingerprint density at radius 1 is 1.16 bits per heavy atom. The molecule has 2 aromatic rings. The second kappa shape index (κ2) is 7.70. The quantitative estimate of drug-likeness (QED) is 0.855. The zero-order valence-corrected chi connectivity index (χ0v) is 14.5. The van der Waals surface area contributed by atoms with Crippen LogP contribution >= 0.6 is 11.6 Å². The van der Waals surface area contributed by atoms with E-state index in [4.69, 9.17) is 11.6 Å². The van der Waals surface area contributed by atoms with Crippen LogP contribution in [0.5, 0.6) is 0 Å². The number of aryl methyl sites for hydroxylation is 1. The third-order valence-corrected chi connectivity index (χ3v) is 4.90. The molecule has 0 fully saturated rings. The number of halogens is 1. The highest BCUT2D eigenvalue weighted by atomic mass is 35.5. The highest BCUT2D eigenvalue weighted by Gasteiger charge is 2.27. The molecule has 0 bridgehead atoms. The Labute approximate surface area is 151 Å². The topological polar surface area (TPSA) is 66.4 Å². The molecular weight excluding hydrogens is 338 g/mol. The maximum Gasteiger partial charge on any atom is 0.305 e. The van der Waals surface area contributed by atoms with Crippen molar-refractivity contribution in [1.29, 1.82) is 0 Å². The Bertz CT molecular complexity index is 790. The number of nitrogens with one attached hydrogen (secondary N) is 1. The third kappa shape index (κ3) is 4.40. The Balaban J connectivity index is 1.73. The van der Waals surface area contributed by atoms with Crippen molar-refractivity contribution in [2.45, 2.75) is 31.7 Å². The van der Waals surface area contributed by atoms with E-state index in [1.54, 1.807) is 24.3 Å². The predicted octanol–water partition coefficient (Wildman–Crippen LogP) is 3.78. The molecule has 0 saturated heterocycles. The van der Waals surface area contributed by atoms with Crippen LogP contribution in [-0.2, 0) is 22.4 Å². The smallest absolute Gasteiger partial charge is 0.305 e. The van der Waals surface area contributed by atoms with Crippen molar-refractivity contribution in [1.82, 2.24) is 5.32 Å². The first-order valence-corrected chi connectivity index (χ1v) is 8.75. The number of fused-ring (bicyclic) bond motifs is 1. The van der Waals surface area contributed by atoms with E-state index < -0.39 is 12.0 Å². The Kier molecular flexibility index (Phi) is 5.39. The predicted molar refractivity (Wildman–Crippen MR) is 96.5 cm³/mol. The molecule has 0 spiro atoms. The van der Waals surface area contributed by atoms with Crippen molar-refractivity contribution in [3.63, 3.8) is 0 Å². The van der Waals surface area contributed by atoms with Gasteiger partial charge in [0.25, 0.3) is 0 Å². The number of amides is 1. The minimum Gasteiger partial charge on any atom is -0.481 e. The summed E-state index contributed by atoms with van der Waals surface area (Å²) in [5.74, 6) is -1.19. The van der Waals surface area contributed by atoms with Gasteiger partial charge in [-0.1, -0.05) is 48.0 Å². The first-order valence-electron chi connectivity index (χ1n) is 8.37. The maximum absolute atomic E-state index is 12.7. The Hall–Kier alpha value is -2.33. The van der Waals surface area contributed by atoms with E-state index in [0.29, 0.717) is 17.0 Å². The summed E-state index contributed by atoms with van der Waals surface area (Å²) in [5, 5.41) is 12.6. The molecule has 25 heavy (non-hydrogen) atoms. The van der Waals surface area contributed by atoms with Gasteiger partial charge in [0, 0.05) is 10.9 Å². The average molecular weight is 358 g/mol. The summed E-state index contributed by atoms with van der Waals surface area (Å²) < 4.78 is 0. The van der Waals surface area contributed by atoms with E-state index in [9.17, 15) is 14.7 Å². The number of carboxylic acids is 1. The van der Waals surface area contributed by atoms with E-state index in [2.05, 4.69) is 17.4 Å². The molecule has 1 aliphatic carbocycles. The van der Waals surface area contributed by atoms with Gasteiger partial charge in [-0.05, 0) is 48.1 Å². The largest absolute Gasteiger partial charge is 0.481 e. The van der Waals surface area contributed by atoms with E-state index in [0.717, 1.165) is 12.8 Å². The molecule has 1 amide bonds. The molecule has 5 heteroatoms. The Morgan fingerprint density at radius 2 is 1.92 bits per heavy atom. The lowest BCUT2D eigenvalue weighted by Crippen LogP contribution is -2.37. The number of carbonyl (C=O) groups excluding carboxylic acids is 1. The van der Waals surface area contributed by atoms with Crippen LogP contribution in [0.4, 0.5) is 0 Å². The molecule has 0 aromatic heterocycles. The van der Waals surface area contributed by atoms with Crippen molar-refractivity contribution in [2.24, 2.45) is 5.92 Å². The van der Waals surface area contributed by atoms with E-state index in [1.807, 2.05) is 12.1 Å². The molecule has 0 heterocycles. The maximum atomic E-state index is 12.7. The molecule has 2 aromatic carbocycles. The Morgan fingerprint density at radius 3 is 2.64 bits per heavy atom. The molecule has 2 atom stereocenters. The summed E-state index contributed by atoms with van der Waals surface area (Å²) in [6.07, 6.45) is 2.17. The van der Waals surface area contributed by atoms with Gasteiger partial charge >= 0.3 is 5.97 Å². The van der Waals surface area contributed by atoms with Crippen molar-refractivity contribution in [2.75, 3.05) is 0 Å². The van der Waals surface area contributed by atoms with Crippen molar-refractivity contribution in [3.05, 3.63) is 70.2 Å². The molecule has 0 aliphatic heterocycles. The van der Waals surface area contributed by atoms with Crippen LogP contribution in [0.1, 0.15) is 35.6 Å². The second-order valence-corrected chi connectivity index (χ2v) is 6.86. The van der Waals surface area contributed by atoms with Gasteiger partial charge in [0.1, 0.15) is 0 Å². The van der Waals surface area contributed by atoms with Crippen molar-refractivity contribution >= 4 is 23.5 Å². The van der Waals surface area contributed by atoms with Crippen LogP contribution in [0.25, 0.3) is 0 Å². The normalized spacial score (nSPS) is 17.4. The SMILES string of the molecule is O=C(O)CC(NC(=O)C1CCc2ccccc2C1)c1cccc(Cl)c1. The van der Waals surface area contributed by atoms with Gasteiger partial charge in [0.2, 0.25) is 5.91 Å². The molecule has 1 aliphatic rings. The first-order chi connectivity index (χ1) is 12.0. The molecular formula is C20H20ClNO3. The monoisotopic (exact) mass is 357 g/mol. The fourth-order valence-electron chi connectivity index (χ4n) is 3.36. The van der Waals surface area contributed by atoms with Gasteiger partial charge in [-0.3, -0.25) is 9.59 Å². The number of carboxylic acid groups (broad SMARTS) is 1. The minimum absolute atomic E-state index is 0.0965. The minimum atomic E-state index is -0.959. The number of rotatable bonds is 5. The molecule has 3 rings (SSSR count). The zero-order valence-electron chi connectivity index (χ0n) is 13.7. The van der Waals surface area contributed by atoms with E-state index >= 15 is 0 Å². The molecule has 2 N–H and O–H groups in total. The standard InChI is InChI=1S/C20H20ClNO3/c21-17-7-3-6-15(11-17)18(12-19(23)24)22-20(25)16-9-8-13-4-1-2-5-14(13)10-16/h1-7,11,16,18H,8-10,12H2,(H,22,25)(H,23,24). The van der Waals surface area contributed by atoms with Gasteiger partial charge < -0.3 is 10.4 Å². The van der Waals surface area contributed by atoms with Crippen molar-refractivity contribution in [3.8, 4) is 0 Å². The van der Waals surface area contributed by atoms with Crippen LogP contribution in [0.2, 0.25) is 5.02 Å². The molecule has 0 saturated carbocycles. The van der Waals surface area contributed by atoms with Gasteiger partial charge in [-0.25, -0.2) is 0 Å². The van der Waals surface area contributed by atoms with E-state index in [-0.39, 0.29) is 18.2 Å². The van der Waals surface area contributed by atoms with Crippen LogP contribution in [0, 0.1) is 5.92 Å². The molecule has 0 radical (unpaired) electrons. The average Bonchev–Trinajstić information content (AvgIpc) is 2.60. The lowest BCUT2D eigenvalue weighted by atomic mass is 9.83. The summed E-state index contributed by atoms with van der Waals surface area (Å²) in [4.78, 5) is 23.9. The van der Waals surface area contributed by atoms with Crippen LogP contribution in [0.15, 0.2) is 48.5 Å². The zero-order chi connectivity index (χ0) is 17.8. The molecule has 2 unspecified atom stereocenters. The van der Waals surface area contributed by atoms with Crippen LogP contribution in [-0.4, -0.2) is 17.0 Å². The lowest BCUT2D eigenvalue weighted by Gasteiger charge is -2.26. The van der Waals surface area contributed by atoms with Gasteiger partial charge in [0.15, 0.2) is 0 Å². The summed E-state index contributed by atoms with van der Waals surface area (Å²) in [6, 6.07) is 14.5. The number of carbonyl (C=O) groups is 2. The number of hydrogen-bond acceptors (Lipinski definition) is 2. The second-order valence-electron chi connectivity index (χ2n) is 6.42. The fourth-order valence-corrected chi connectivity index (χ4v) is 3.56. The van der Waals surface area contributed by atoms with Gasteiger partial charge in [-0.15, -0.1) is 0 Å². The number of hydrogen-bond donors (Lipinski definition) is 2. The summed E-state index contributed by atoms with van der Waals surface area (Å²) in [5.41, 5.74) is 3.20. The summed E-state index contributed by atoms with van der Waals surface area (Å²) in [7, 11) is 0. The molecule has 4 nitrogen and oxygen atoms in total. The fraction of sp³-hybridized carbons (Fsp3) is 0.300. The first kappa shape index (κ1) is 17.5. The highest BCUT2D eigenvalue weighted by molar-refractivity contribution is 6.30. The van der Waals surface area contributed by atoms with Crippen molar-refractivity contribution < 1.29 is 14.7 Å². The summed E-state index contributed by atoms with van der Waals surface area (Å²) >= 11 is 6.01. The van der Waals surface area contributed by atoms with Gasteiger partial charge in [-0.2, -0.15) is 0 Å². The number of benzene rings is 2. The van der Waals surface area contributed by atoms with Crippen LogP contribution < -0.4 is 5.32 Å². The van der Waals surface area contributed by atoms with E-state index in [1.165, 1.54) is 11.1 Å². The lowest BCUT2D eigenvalue weighted by molar-refractivity contribution is -0.138. The highest BCUT2D eigenvalue weighted by Crippen LogP contribution is 2.27. The molecule has 130 valence electrons. The van der Waals surface area contributed by atoms with Crippen LogP contribution in [0.3, 0.4) is 0 Å².